The molecule has 0 aliphatic carbocycles. The van der Waals surface area contributed by atoms with Gasteiger partial charge in [0, 0.05) is 6.42 Å². The Morgan fingerprint density at radius 1 is 0.514 bits per heavy atom. The van der Waals surface area contributed by atoms with Crippen molar-refractivity contribution in [1.29, 1.82) is 0 Å². The number of ether oxygens (including phenoxy) is 8. The first-order chi connectivity index (χ1) is 16.8. The molecular formula is C25H48O10. The van der Waals surface area contributed by atoms with Crippen LogP contribution in [-0.4, -0.2) is 103 Å². The van der Waals surface area contributed by atoms with E-state index in [0.717, 1.165) is 19.3 Å². The van der Waals surface area contributed by atoms with Crippen molar-refractivity contribution in [3.8, 4) is 0 Å². The minimum absolute atomic E-state index is 0.162. The van der Waals surface area contributed by atoms with Crippen LogP contribution in [0.5, 0.6) is 0 Å². The lowest BCUT2D eigenvalue weighted by molar-refractivity contribution is -0.156. The van der Waals surface area contributed by atoms with Crippen molar-refractivity contribution in [2.45, 2.75) is 65.4 Å². The molecule has 0 heterocycles. The molecule has 0 radical (unpaired) electrons. The normalized spacial score (nSPS) is 11.5. The second kappa shape index (κ2) is 24.4. The van der Waals surface area contributed by atoms with Gasteiger partial charge in [0.1, 0.15) is 12.2 Å². The summed E-state index contributed by atoms with van der Waals surface area (Å²) in [7, 11) is 0. The molecule has 0 aliphatic rings. The number of hydrogen-bond acceptors (Lipinski definition) is 10. The molecule has 0 saturated carbocycles. The average molecular weight is 509 g/mol. The fourth-order valence-electron chi connectivity index (χ4n) is 2.56. The van der Waals surface area contributed by atoms with E-state index in [1.807, 2.05) is 20.8 Å². The van der Waals surface area contributed by atoms with E-state index < -0.39 is 5.60 Å². The number of carbonyl (C=O) groups excluding carboxylic acids is 2. The Kier molecular flexibility index (Phi) is 23.5. The van der Waals surface area contributed by atoms with Crippen molar-refractivity contribution in [2.75, 3.05) is 85.9 Å². The highest BCUT2D eigenvalue weighted by atomic mass is 16.6. The molecule has 208 valence electrons. The van der Waals surface area contributed by atoms with E-state index in [9.17, 15) is 9.59 Å². The number of esters is 2. The van der Waals surface area contributed by atoms with Gasteiger partial charge in [-0.15, -0.1) is 0 Å². The van der Waals surface area contributed by atoms with Gasteiger partial charge in [0.05, 0.1) is 85.7 Å². The Morgan fingerprint density at radius 3 is 1.31 bits per heavy atom. The van der Waals surface area contributed by atoms with Crippen LogP contribution in [0.3, 0.4) is 0 Å². The Balaban J connectivity index is 3.16. The van der Waals surface area contributed by atoms with Gasteiger partial charge in [0.2, 0.25) is 0 Å². The molecule has 10 heteroatoms. The zero-order valence-corrected chi connectivity index (χ0v) is 22.3. The first-order valence-electron chi connectivity index (χ1n) is 12.7. The van der Waals surface area contributed by atoms with E-state index >= 15 is 0 Å². The quantitative estimate of drug-likeness (QED) is 0.135. The molecule has 0 saturated heterocycles. The average Bonchev–Trinajstić information content (AvgIpc) is 2.79. The summed E-state index contributed by atoms with van der Waals surface area (Å²) in [6, 6.07) is 0. The fraction of sp³-hybridized carbons (Fsp3) is 0.920. The molecule has 0 aliphatic heterocycles. The monoisotopic (exact) mass is 508 g/mol. The molecule has 0 rings (SSSR count). The third kappa shape index (κ3) is 28.8. The van der Waals surface area contributed by atoms with Gasteiger partial charge in [-0.05, 0) is 27.2 Å². The SMILES string of the molecule is CCCCCC(=O)OCCOCCOCCOCCOCCOCCOCCC(=O)OC(C)(C)C. The Morgan fingerprint density at radius 2 is 0.914 bits per heavy atom. The largest absolute Gasteiger partial charge is 0.463 e. The van der Waals surface area contributed by atoms with E-state index in [4.69, 9.17) is 37.9 Å². The van der Waals surface area contributed by atoms with Crippen LogP contribution in [0.25, 0.3) is 0 Å². The molecule has 0 aromatic heterocycles. The standard InChI is InChI=1S/C25H48O10/c1-5-6-7-8-23(26)34-22-21-33-20-19-32-18-17-31-16-15-30-14-13-29-12-11-28-10-9-24(27)35-25(2,3)4/h5-22H2,1-4H3. The van der Waals surface area contributed by atoms with Crippen LogP contribution in [0, 0.1) is 0 Å². The van der Waals surface area contributed by atoms with Gasteiger partial charge >= 0.3 is 11.9 Å². The Labute approximate surface area is 211 Å². The number of hydrogen-bond donors (Lipinski definition) is 0. The van der Waals surface area contributed by atoms with Gasteiger partial charge in [-0.3, -0.25) is 9.59 Å². The summed E-state index contributed by atoms with van der Waals surface area (Å²) in [5.41, 5.74) is -0.470. The molecule has 0 aromatic carbocycles. The van der Waals surface area contributed by atoms with Crippen LogP contribution in [0.15, 0.2) is 0 Å². The lowest BCUT2D eigenvalue weighted by Crippen LogP contribution is -2.24. The van der Waals surface area contributed by atoms with Crippen LogP contribution in [0.2, 0.25) is 0 Å². The molecule has 0 N–H and O–H groups in total. The third-order valence-corrected chi connectivity index (χ3v) is 4.21. The van der Waals surface area contributed by atoms with Crippen LogP contribution in [0.1, 0.15) is 59.8 Å². The van der Waals surface area contributed by atoms with Crippen LogP contribution >= 0.6 is 0 Å². The smallest absolute Gasteiger partial charge is 0.308 e. The highest BCUT2D eigenvalue weighted by Crippen LogP contribution is 2.08. The summed E-state index contributed by atoms with van der Waals surface area (Å²) < 4.78 is 42.6. The van der Waals surface area contributed by atoms with Crippen LogP contribution in [0.4, 0.5) is 0 Å². The van der Waals surface area contributed by atoms with Crippen molar-refractivity contribution in [3.05, 3.63) is 0 Å². The summed E-state index contributed by atoms with van der Waals surface area (Å²) in [5.74, 6) is -0.427. The van der Waals surface area contributed by atoms with Crippen molar-refractivity contribution in [1.82, 2.24) is 0 Å². The summed E-state index contributed by atoms with van der Waals surface area (Å²) in [6.07, 6.45) is 3.72. The number of unbranched alkanes of at least 4 members (excludes halogenated alkanes) is 2. The van der Waals surface area contributed by atoms with E-state index in [1.54, 1.807) is 0 Å². The van der Waals surface area contributed by atoms with Gasteiger partial charge in [-0.2, -0.15) is 0 Å². The Hall–Kier alpha value is -1.30. The van der Waals surface area contributed by atoms with E-state index in [-0.39, 0.29) is 25.0 Å². The number of rotatable bonds is 25. The van der Waals surface area contributed by atoms with Crippen molar-refractivity contribution >= 4 is 11.9 Å². The van der Waals surface area contributed by atoms with Crippen LogP contribution < -0.4 is 0 Å². The lowest BCUT2D eigenvalue weighted by Gasteiger charge is -2.19. The van der Waals surface area contributed by atoms with Gasteiger partial charge < -0.3 is 37.9 Å². The first-order valence-corrected chi connectivity index (χ1v) is 12.7. The topological polar surface area (TPSA) is 108 Å². The maximum Gasteiger partial charge on any atom is 0.308 e. The predicted octanol–water partition coefficient (Wildman–Crippen LogP) is 2.94. The van der Waals surface area contributed by atoms with E-state index in [1.165, 1.54) is 0 Å². The molecule has 10 nitrogen and oxygen atoms in total. The zero-order chi connectivity index (χ0) is 26.0. The number of carbonyl (C=O) groups is 2. The summed E-state index contributed by atoms with van der Waals surface area (Å²) in [5, 5.41) is 0. The van der Waals surface area contributed by atoms with Crippen LogP contribution in [-0.2, 0) is 47.5 Å². The summed E-state index contributed by atoms with van der Waals surface area (Å²) >= 11 is 0. The minimum Gasteiger partial charge on any atom is -0.463 e. The second-order valence-corrected chi connectivity index (χ2v) is 8.69. The van der Waals surface area contributed by atoms with Gasteiger partial charge in [0.25, 0.3) is 0 Å². The van der Waals surface area contributed by atoms with Gasteiger partial charge in [-0.25, -0.2) is 0 Å². The zero-order valence-electron chi connectivity index (χ0n) is 22.3. The molecule has 0 spiro atoms. The van der Waals surface area contributed by atoms with Crippen molar-refractivity contribution < 1.29 is 47.5 Å². The highest BCUT2D eigenvalue weighted by molar-refractivity contribution is 5.70. The molecule has 0 bridgehead atoms. The maximum absolute atomic E-state index is 11.5. The molecule has 0 fully saturated rings. The van der Waals surface area contributed by atoms with Gasteiger partial charge in [-0.1, -0.05) is 19.8 Å². The third-order valence-electron chi connectivity index (χ3n) is 4.21. The van der Waals surface area contributed by atoms with Crippen molar-refractivity contribution in [2.24, 2.45) is 0 Å². The molecule has 0 atom stereocenters. The lowest BCUT2D eigenvalue weighted by atomic mass is 10.2. The molecule has 0 unspecified atom stereocenters. The first kappa shape index (κ1) is 33.7. The fourth-order valence-corrected chi connectivity index (χ4v) is 2.56. The molecule has 35 heavy (non-hydrogen) atoms. The maximum atomic E-state index is 11.5. The van der Waals surface area contributed by atoms with Crippen molar-refractivity contribution in [3.63, 3.8) is 0 Å². The van der Waals surface area contributed by atoms with E-state index in [2.05, 4.69) is 6.92 Å². The second-order valence-electron chi connectivity index (χ2n) is 8.69. The van der Waals surface area contributed by atoms with Gasteiger partial charge in [0.15, 0.2) is 0 Å². The molecule has 0 aromatic rings. The Bertz CT molecular complexity index is 493. The molecule has 0 amide bonds. The highest BCUT2D eigenvalue weighted by Gasteiger charge is 2.15. The molecular weight excluding hydrogens is 460 g/mol. The van der Waals surface area contributed by atoms with E-state index in [0.29, 0.717) is 85.7 Å². The minimum atomic E-state index is -0.470. The predicted molar refractivity (Wildman–Crippen MR) is 130 cm³/mol. The summed E-state index contributed by atoms with van der Waals surface area (Å²) in [6.45, 7) is 13.2. The summed E-state index contributed by atoms with van der Waals surface area (Å²) in [4.78, 5) is 22.9.